The molecule has 0 aromatic heterocycles. The van der Waals surface area contributed by atoms with Crippen molar-refractivity contribution in [2.45, 2.75) is 39.0 Å². The zero-order valence-electron chi connectivity index (χ0n) is 11.2. The second kappa shape index (κ2) is 7.00. The minimum atomic E-state index is 1.14. The molecule has 2 aromatic rings. The summed E-state index contributed by atoms with van der Waals surface area (Å²) in [6.45, 7) is 2.25. The summed E-state index contributed by atoms with van der Waals surface area (Å²) >= 11 is 0. The molecular formula is C18H21. The first-order valence-corrected chi connectivity index (χ1v) is 6.98. The normalized spacial score (nSPS) is 11.4. The number of unbranched alkanes of at least 4 members (excludes halogenated alkanes) is 4. The third-order valence-corrected chi connectivity index (χ3v) is 3.25. The van der Waals surface area contributed by atoms with Crippen molar-refractivity contribution in [3.63, 3.8) is 0 Å². The molecule has 0 aliphatic rings. The Balaban J connectivity index is 2.01. The van der Waals surface area contributed by atoms with Gasteiger partial charge >= 0.3 is 0 Å². The number of allylic oxidation sites excluding steroid dienone is 1. The largest absolute Gasteiger partial charge is 0.0760 e. The second-order valence-corrected chi connectivity index (χ2v) is 4.72. The molecule has 0 N–H and O–H groups in total. The minimum absolute atomic E-state index is 1.14. The van der Waals surface area contributed by atoms with Gasteiger partial charge in [0.2, 0.25) is 0 Å². The van der Waals surface area contributed by atoms with Crippen molar-refractivity contribution in [1.82, 2.24) is 0 Å². The molecule has 0 aliphatic heterocycles. The van der Waals surface area contributed by atoms with Crippen molar-refractivity contribution < 1.29 is 0 Å². The summed E-state index contributed by atoms with van der Waals surface area (Å²) in [7, 11) is 0. The molecule has 18 heavy (non-hydrogen) atoms. The van der Waals surface area contributed by atoms with Gasteiger partial charge in [0, 0.05) is 0 Å². The molecule has 0 unspecified atom stereocenters. The number of benzene rings is 2. The Morgan fingerprint density at radius 3 is 2.67 bits per heavy atom. The van der Waals surface area contributed by atoms with Crippen molar-refractivity contribution >= 4 is 10.8 Å². The van der Waals surface area contributed by atoms with Gasteiger partial charge in [0.1, 0.15) is 0 Å². The van der Waals surface area contributed by atoms with E-state index in [9.17, 15) is 0 Å². The van der Waals surface area contributed by atoms with Gasteiger partial charge in [-0.3, -0.25) is 0 Å². The minimum Gasteiger partial charge on any atom is -0.0760 e. The third kappa shape index (κ3) is 3.46. The van der Waals surface area contributed by atoms with E-state index in [-0.39, 0.29) is 0 Å². The molecule has 1 radical (unpaired) electrons. The first kappa shape index (κ1) is 12.9. The van der Waals surface area contributed by atoms with Gasteiger partial charge in [-0.05, 0) is 35.3 Å². The Morgan fingerprint density at radius 2 is 1.78 bits per heavy atom. The summed E-state index contributed by atoms with van der Waals surface area (Å²) in [5.41, 5.74) is 1.21. The zero-order chi connectivity index (χ0) is 12.6. The smallest absolute Gasteiger partial charge is 0.0102 e. The van der Waals surface area contributed by atoms with Crippen LogP contribution in [0.2, 0.25) is 0 Å². The van der Waals surface area contributed by atoms with Gasteiger partial charge in [-0.2, -0.15) is 0 Å². The fraction of sp³-hybridized carbons (Fsp3) is 0.333. The summed E-state index contributed by atoms with van der Waals surface area (Å²) in [6.07, 6.45) is 12.0. The van der Waals surface area contributed by atoms with Crippen molar-refractivity contribution in [3.05, 3.63) is 60.2 Å². The van der Waals surface area contributed by atoms with Crippen LogP contribution >= 0.6 is 0 Å². The number of rotatable bonds is 6. The molecule has 0 fully saturated rings. The van der Waals surface area contributed by atoms with Crippen LogP contribution in [0.3, 0.4) is 0 Å². The van der Waals surface area contributed by atoms with Crippen LogP contribution < -0.4 is 0 Å². The Morgan fingerprint density at radius 1 is 0.944 bits per heavy atom. The lowest BCUT2D eigenvalue weighted by molar-refractivity contribution is 0.674. The van der Waals surface area contributed by atoms with E-state index in [2.05, 4.69) is 61.5 Å². The van der Waals surface area contributed by atoms with Crippen LogP contribution in [-0.4, -0.2) is 0 Å². The van der Waals surface area contributed by atoms with Crippen molar-refractivity contribution in [1.29, 1.82) is 0 Å². The molecule has 0 spiro atoms. The van der Waals surface area contributed by atoms with Crippen LogP contribution in [0.25, 0.3) is 10.8 Å². The summed E-state index contributed by atoms with van der Waals surface area (Å²) in [5.74, 6) is 0. The molecule has 2 rings (SSSR count). The molecule has 0 heteroatoms. The van der Waals surface area contributed by atoms with E-state index < -0.39 is 0 Å². The molecule has 0 atom stereocenters. The van der Waals surface area contributed by atoms with Crippen LogP contribution in [-0.2, 0) is 0 Å². The number of hydrogen-bond acceptors (Lipinski definition) is 0. The molecule has 0 saturated carbocycles. The van der Waals surface area contributed by atoms with Gasteiger partial charge in [-0.25, -0.2) is 0 Å². The third-order valence-electron chi connectivity index (χ3n) is 3.25. The highest BCUT2D eigenvalue weighted by molar-refractivity contribution is 5.86. The Kier molecular flexibility index (Phi) is 5.01. The van der Waals surface area contributed by atoms with E-state index >= 15 is 0 Å². The molecule has 0 nitrogen and oxygen atoms in total. The van der Waals surface area contributed by atoms with E-state index in [1.165, 1.54) is 42.0 Å². The Bertz CT molecular complexity index is 503. The topological polar surface area (TPSA) is 0 Å². The van der Waals surface area contributed by atoms with E-state index in [1.807, 2.05) is 0 Å². The predicted octanol–water partition coefficient (Wildman–Crippen LogP) is 5.52. The van der Waals surface area contributed by atoms with Gasteiger partial charge in [0.15, 0.2) is 0 Å². The van der Waals surface area contributed by atoms with Gasteiger partial charge in [0.05, 0.1) is 0 Å². The standard InChI is InChI=1S/C18H21/c1-2-3-4-5-6-7-11-16-13-10-14-17-12-8-9-15-18(16)17/h7-10,12-15H,2-6H2,1H3. The molecule has 0 saturated heterocycles. The van der Waals surface area contributed by atoms with Crippen molar-refractivity contribution in [2.24, 2.45) is 0 Å². The molecular weight excluding hydrogens is 216 g/mol. The van der Waals surface area contributed by atoms with Gasteiger partial charge in [-0.1, -0.05) is 74.7 Å². The average Bonchev–Trinajstić information content (AvgIpc) is 2.43. The van der Waals surface area contributed by atoms with Crippen LogP contribution in [0.15, 0.2) is 48.5 Å². The first-order chi connectivity index (χ1) is 8.92. The second-order valence-electron chi connectivity index (χ2n) is 4.72. The fourth-order valence-corrected chi connectivity index (χ4v) is 2.21. The van der Waals surface area contributed by atoms with E-state index in [1.54, 1.807) is 0 Å². The predicted molar refractivity (Wildman–Crippen MR) is 79.6 cm³/mol. The maximum absolute atomic E-state index is 3.44. The first-order valence-electron chi connectivity index (χ1n) is 6.98. The lowest BCUT2D eigenvalue weighted by atomic mass is 10.0. The van der Waals surface area contributed by atoms with Gasteiger partial charge < -0.3 is 0 Å². The number of hydrogen-bond donors (Lipinski definition) is 0. The monoisotopic (exact) mass is 237 g/mol. The van der Waals surface area contributed by atoms with Crippen molar-refractivity contribution in [3.8, 4) is 0 Å². The summed E-state index contributed by atoms with van der Waals surface area (Å²) in [4.78, 5) is 0. The van der Waals surface area contributed by atoms with Gasteiger partial charge in [-0.15, -0.1) is 0 Å². The van der Waals surface area contributed by atoms with Crippen molar-refractivity contribution in [2.75, 3.05) is 0 Å². The zero-order valence-corrected chi connectivity index (χ0v) is 11.2. The maximum Gasteiger partial charge on any atom is -0.0102 e. The van der Waals surface area contributed by atoms with E-state index in [4.69, 9.17) is 0 Å². The van der Waals surface area contributed by atoms with Crippen LogP contribution in [0, 0.1) is 6.08 Å². The summed E-state index contributed by atoms with van der Waals surface area (Å²) in [6, 6.07) is 14.9. The average molecular weight is 237 g/mol. The highest BCUT2D eigenvalue weighted by atomic mass is 14.0. The Hall–Kier alpha value is -1.56. The van der Waals surface area contributed by atoms with Crippen LogP contribution in [0.4, 0.5) is 0 Å². The summed E-state index contributed by atoms with van der Waals surface area (Å²) in [5, 5.41) is 2.59. The lowest BCUT2D eigenvalue weighted by Gasteiger charge is -2.01. The molecule has 0 aliphatic carbocycles. The quantitative estimate of drug-likeness (QED) is 0.580. The summed E-state index contributed by atoms with van der Waals surface area (Å²) < 4.78 is 0. The van der Waals surface area contributed by atoms with E-state index in [0.717, 1.165) is 6.42 Å². The molecule has 0 amide bonds. The van der Waals surface area contributed by atoms with Gasteiger partial charge in [0.25, 0.3) is 0 Å². The van der Waals surface area contributed by atoms with E-state index in [0.29, 0.717) is 0 Å². The highest BCUT2D eigenvalue weighted by Crippen LogP contribution is 2.18. The number of fused-ring (bicyclic) bond motifs is 1. The highest BCUT2D eigenvalue weighted by Gasteiger charge is 1.96. The molecule has 0 heterocycles. The fourth-order valence-electron chi connectivity index (χ4n) is 2.21. The Labute approximate surface area is 110 Å². The molecule has 2 aromatic carbocycles. The molecule has 0 bridgehead atoms. The van der Waals surface area contributed by atoms with Crippen LogP contribution in [0.1, 0.15) is 44.6 Å². The SMILES string of the molecule is CCCCCC/C=[C]\c1cccc2ccccc12. The molecule has 93 valence electrons. The lowest BCUT2D eigenvalue weighted by Crippen LogP contribution is -1.79. The maximum atomic E-state index is 3.44. The van der Waals surface area contributed by atoms with Crippen LogP contribution in [0.5, 0.6) is 0 Å².